The Balaban J connectivity index is -0.0000000277. The second-order valence-electron chi connectivity index (χ2n) is 1.15. The van der Waals surface area contributed by atoms with Crippen LogP contribution >= 0.6 is 0 Å². The molecule has 0 amide bonds. The zero-order valence-corrected chi connectivity index (χ0v) is 11.8. The SMILES string of the molecule is C#C.C#C.[Br-].[Br-].[Mg+2].c1ccccc1. The van der Waals surface area contributed by atoms with Crippen LogP contribution in [0.25, 0.3) is 0 Å². The van der Waals surface area contributed by atoms with Gasteiger partial charge in [-0.3, -0.25) is 0 Å². The van der Waals surface area contributed by atoms with Gasteiger partial charge >= 0.3 is 23.1 Å². The quantitative estimate of drug-likeness (QED) is 0.337. The summed E-state index contributed by atoms with van der Waals surface area (Å²) in [7, 11) is 0. The molecule has 0 heterocycles. The van der Waals surface area contributed by atoms with Crippen LogP contribution in [0.4, 0.5) is 0 Å². The summed E-state index contributed by atoms with van der Waals surface area (Å²) in [6.45, 7) is 0. The summed E-state index contributed by atoms with van der Waals surface area (Å²) in [5, 5.41) is 0. The van der Waals surface area contributed by atoms with Gasteiger partial charge in [0.25, 0.3) is 0 Å². The van der Waals surface area contributed by atoms with Crippen LogP contribution in [0, 0.1) is 25.7 Å². The second kappa shape index (κ2) is 40.2. The molecule has 0 aromatic heterocycles. The van der Waals surface area contributed by atoms with Crippen molar-refractivity contribution >= 4 is 23.1 Å². The first-order valence-electron chi connectivity index (χ1n) is 2.67. The van der Waals surface area contributed by atoms with Gasteiger partial charge in [-0.15, -0.1) is 25.7 Å². The maximum atomic E-state index is 4.00. The summed E-state index contributed by atoms with van der Waals surface area (Å²) in [5.74, 6) is 0. The van der Waals surface area contributed by atoms with Crippen LogP contribution in [-0.4, -0.2) is 23.1 Å². The topological polar surface area (TPSA) is 0 Å². The van der Waals surface area contributed by atoms with Gasteiger partial charge in [0.1, 0.15) is 0 Å². The van der Waals surface area contributed by atoms with Crippen molar-refractivity contribution in [2.75, 3.05) is 0 Å². The first kappa shape index (κ1) is 29.2. The van der Waals surface area contributed by atoms with Crippen molar-refractivity contribution in [2.45, 2.75) is 0 Å². The molecule has 0 radical (unpaired) electrons. The second-order valence-corrected chi connectivity index (χ2v) is 1.15. The molecular weight excluding hydrogens is 304 g/mol. The average molecular weight is 314 g/mol. The fraction of sp³-hybridized carbons (Fsp3) is 0. The molecule has 66 valence electrons. The van der Waals surface area contributed by atoms with Gasteiger partial charge in [0, 0.05) is 0 Å². The van der Waals surface area contributed by atoms with E-state index < -0.39 is 0 Å². The van der Waals surface area contributed by atoms with E-state index in [0.717, 1.165) is 0 Å². The van der Waals surface area contributed by atoms with E-state index in [-0.39, 0.29) is 57.0 Å². The zero-order chi connectivity index (χ0) is 8.24. The van der Waals surface area contributed by atoms with Crippen molar-refractivity contribution in [2.24, 2.45) is 0 Å². The van der Waals surface area contributed by atoms with Gasteiger partial charge < -0.3 is 34.0 Å². The van der Waals surface area contributed by atoms with Crippen LogP contribution in [0.15, 0.2) is 36.4 Å². The zero-order valence-electron chi connectivity index (χ0n) is 7.24. The van der Waals surface area contributed by atoms with E-state index in [9.17, 15) is 0 Å². The van der Waals surface area contributed by atoms with Gasteiger partial charge in [-0.1, -0.05) is 36.4 Å². The molecule has 0 aliphatic rings. The molecule has 3 heteroatoms. The van der Waals surface area contributed by atoms with Gasteiger partial charge in [-0.05, 0) is 0 Å². The minimum Gasteiger partial charge on any atom is -1.00 e. The molecule has 1 aromatic carbocycles. The normalized spacial score (nSPS) is 4.00. The van der Waals surface area contributed by atoms with Gasteiger partial charge in [-0.2, -0.15) is 0 Å². The Morgan fingerprint density at radius 3 is 0.615 bits per heavy atom. The summed E-state index contributed by atoms with van der Waals surface area (Å²) in [6.07, 6.45) is 16.0. The molecule has 0 aliphatic carbocycles. The van der Waals surface area contributed by atoms with E-state index in [1.807, 2.05) is 36.4 Å². The maximum absolute atomic E-state index is 4.00. The van der Waals surface area contributed by atoms with E-state index in [4.69, 9.17) is 0 Å². The predicted molar refractivity (Wildman–Crippen MR) is 52.0 cm³/mol. The third kappa shape index (κ3) is 33.2. The number of hydrogen-bond acceptors (Lipinski definition) is 0. The Kier molecular flexibility index (Phi) is 90.3. The summed E-state index contributed by atoms with van der Waals surface area (Å²) in [4.78, 5) is 0. The molecule has 0 saturated heterocycles. The van der Waals surface area contributed by atoms with Crippen LogP contribution in [0.5, 0.6) is 0 Å². The maximum Gasteiger partial charge on any atom is 2.00 e. The predicted octanol–water partition coefficient (Wildman–Crippen LogP) is -4.19. The Hall–Kier alpha value is 0.0662. The average Bonchev–Trinajstić information content (AvgIpc) is 2.14. The van der Waals surface area contributed by atoms with Crippen molar-refractivity contribution < 1.29 is 34.0 Å². The molecule has 1 aromatic rings. The molecule has 0 fully saturated rings. The summed E-state index contributed by atoms with van der Waals surface area (Å²) < 4.78 is 0. The number of benzene rings is 1. The van der Waals surface area contributed by atoms with Crippen LogP contribution in [0.1, 0.15) is 0 Å². The number of hydrogen-bond donors (Lipinski definition) is 0. The molecule has 0 N–H and O–H groups in total. The summed E-state index contributed by atoms with van der Waals surface area (Å²) in [6, 6.07) is 12.0. The van der Waals surface area contributed by atoms with Crippen molar-refractivity contribution in [3.63, 3.8) is 0 Å². The molecule has 13 heavy (non-hydrogen) atoms. The first-order chi connectivity index (χ1) is 5.00. The number of rotatable bonds is 0. The Labute approximate surface area is 118 Å². The Morgan fingerprint density at radius 1 is 0.462 bits per heavy atom. The van der Waals surface area contributed by atoms with Gasteiger partial charge in [0.05, 0.1) is 0 Å². The molecule has 0 unspecified atom stereocenters. The van der Waals surface area contributed by atoms with Gasteiger partial charge in [0.15, 0.2) is 0 Å². The Bertz CT molecular complexity index is 137. The summed E-state index contributed by atoms with van der Waals surface area (Å²) in [5.41, 5.74) is 0. The van der Waals surface area contributed by atoms with Crippen molar-refractivity contribution in [1.82, 2.24) is 0 Å². The molecule has 0 spiro atoms. The molecular formula is C10H10Br2Mg. The van der Waals surface area contributed by atoms with E-state index in [1.54, 1.807) is 0 Å². The Morgan fingerprint density at radius 2 is 0.538 bits per heavy atom. The molecule has 0 nitrogen and oxygen atoms in total. The van der Waals surface area contributed by atoms with E-state index in [0.29, 0.717) is 0 Å². The molecule has 1 rings (SSSR count). The van der Waals surface area contributed by atoms with Crippen molar-refractivity contribution in [3.8, 4) is 25.7 Å². The van der Waals surface area contributed by atoms with Crippen LogP contribution in [0.3, 0.4) is 0 Å². The number of terminal acetylenes is 2. The van der Waals surface area contributed by atoms with Crippen LogP contribution < -0.4 is 34.0 Å². The van der Waals surface area contributed by atoms with Crippen molar-refractivity contribution in [3.05, 3.63) is 36.4 Å². The van der Waals surface area contributed by atoms with E-state index >= 15 is 0 Å². The minimum absolute atomic E-state index is 0. The standard InChI is InChI=1S/C6H6.2C2H2.2BrH.Mg/c1-2-4-6-5-3-1;2*1-2;;;/h1-6H;2*1-2H;2*1H;/q;;;;;+2/p-2. The summed E-state index contributed by atoms with van der Waals surface area (Å²) >= 11 is 0. The molecule has 0 bridgehead atoms. The third-order valence-electron chi connectivity index (χ3n) is 0.667. The first-order valence-corrected chi connectivity index (χ1v) is 2.67. The van der Waals surface area contributed by atoms with Crippen molar-refractivity contribution in [1.29, 1.82) is 0 Å². The largest absolute Gasteiger partial charge is 2.00 e. The molecule has 0 atom stereocenters. The monoisotopic (exact) mass is 312 g/mol. The molecule has 0 aliphatic heterocycles. The fourth-order valence-corrected chi connectivity index (χ4v) is 0.385. The smallest absolute Gasteiger partial charge is 1.00 e. The van der Waals surface area contributed by atoms with Gasteiger partial charge in [-0.25, -0.2) is 0 Å². The minimum atomic E-state index is 0. The van der Waals surface area contributed by atoms with E-state index in [1.165, 1.54) is 0 Å². The molecule has 0 saturated carbocycles. The third-order valence-corrected chi connectivity index (χ3v) is 0.667. The fourth-order valence-electron chi connectivity index (χ4n) is 0.385. The van der Waals surface area contributed by atoms with E-state index in [2.05, 4.69) is 25.7 Å². The van der Waals surface area contributed by atoms with Crippen LogP contribution in [0.2, 0.25) is 0 Å². The van der Waals surface area contributed by atoms with Gasteiger partial charge in [0.2, 0.25) is 0 Å². The van der Waals surface area contributed by atoms with Crippen LogP contribution in [-0.2, 0) is 0 Å². The number of halogens is 2.